The van der Waals surface area contributed by atoms with Crippen molar-refractivity contribution >= 4 is 18.0 Å². The number of carbonyl (C=O) groups is 3. The molecular weight excluding hydrogens is 278 g/mol. The molecule has 1 aromatic carbocycles. The Hall–Kier alpha value is -2.57. The van der Waals surface area contributed by atoms with Gasteiger partial charge in [0.1, 0.15) is 6.54 Å². The van der Waals surface area contributed by atoms with Crippen molar-refractivity contribution in [3.8, 4) is 0 Å². The number of rotatable bonds is 5. The molecule has 0 aliphatic heterocycles. The molecule has 0 fully saturated rings. The molecule has 0 atom stereocenters. The van der Waals surface area contributed by atoms with Gasteiger partial charge in [-0.3, -0.25) is 4.79 Å². The third-order valence-electron chi connectivity index (χ3n) is 2.65. The first-order chi connectivity index (χ1) is 9.81. The SMILES string of the molecule is Cc1cc(C)c(C(=O)OCOC(=O)NCC(=O)O)c(C)c1. The Kier molecular flexibility index (Phi) is 5.71. The first-order valence-electron chi connectivity index (χ1n) is 6.18. The molecular formula is C14H17NO6. The van der Waals surface area contributed by atoms with E-state index in [2.05, 4.69) is 4.74 Å². The molecule has 114 valence electrons. The number of aliphatic carboxylic acids is 1. The number of hydrogen-bond donors (Lipinski definition) is 2. The highest BCUT2D eigenvalue weighted by Crippen LogP contribution is 2.17. The Morgan fingerprint density at radius 2 is 1.67 bits per heavy atom. The quantitative estimate of drug-likeness (QED) is 0.631. The number of hydrogen-bond acceptors (Lipinski definition) is 5. The number of carboxylic acids is 1. The maximum absolute atomic E-state index is 11.9. The second kappa shape index (κ2) is 7.28. The Morgan fingerprint density at radius 1 is 1.10 bits per heavy atom. The molecule has 0 saturated heterocycles. The Labute approximate surface area is 121 Å². The number of ether oxygens (including phenoxy) is 2. The minimum absolute atomic E-state index is 0.426. The molecule has 0 bridgehead atoms. The summed E-state index contributed by atoms with van der Waals surface area (Å²) in [5.74, 6) is -1.80. The zero-order valence-electron chi connectivity index (χ0n) is 12.1. The van der Waals surface area contributed by atoms with Crippen LogP contribution in [-0.2, 0) is 14.3 Å². The summed E-state index contributed by atoms with van der Waals surface area (Å²) in [4.78, 5) is 33.2. The van der Waals surface area contributed by atoms with E-state index in [9.17, 15) is 14.4 Å². The fraction of sp³-hybridized carbons (Fsp3) is 0.357. The standard InChI is InChI=1S/C14H17NO6/c1-8-4-9(2)12(10(3)5-8)13(18)20-7-21-14(19)15-6-11(16)17/h4-5H,6-7H2,1-3H3,(H,15,19)(H,16,17). The molecule has 7 heteroatoms. The van der Waals surface area contributed by atoms with Crippen molar-refractivity contribution in [2.75, 3.05) is 13.3 Å². The van der Waals surface area contributed by atoms with Crippen LogP contribution in [0.3, 0.4) is 0 Å². The number of benzene rings is 1. The summed E-state index contributed by atoms with van der Waals surface area (Å²) in [6, 6.07) is 3.70. The third-order valence-corrected chi connectivity index (χ3v) is 2.65. The lowest BCUT2D eigenvalue weighted by molar-refractivity contribution is -0.135. The van der Waals surface area contributed by atoms with Crippen molar-refractivity contribution in [2.45, 2.75) is 20.8 Å². The fourth-order valence-electron chi connectivity index (χ4n) is 1.91. The maximum Gasteiger partial charge on any atom is 0.410 e. The highest BCUT2D eigenvalue weighted by Gasteiger charge is 2.15. The van der Waals surface area contributed by atoms with Crippen LogP contribution in [0.4, 0.5) is 4.79 Å². The molecule has 1 aromatic rings. The van der Waals surface area contributed by atoms with Crippen LogP contribution in [0.15, 0.2) is 12.1 Å². The lowest BCUT2D eigenvalue weighted by atomic mass is 10.0. The maximum atomic E-state index is 11.9. The van der Waals surface area contributed by atoms with Crippen LogP contribution in [0.5, 0.6) is 0 Å². The van der Waals surface area contributed by atoms with E-state index in [4.69, 9.17) is 9.84 Å². The van der Waals surface area contributed by atoms with Crippen LogP contribution in [0.25, 0.3) is 0 Å². The van der Waals surface area contributed by atoms with Crippen molar-refractivity contribution < 1.29 is 29.0 Å². The van der Waals surface area contributed by atoms with Crippen molar-refractivity contribution in [2.24, 2.45) is 0 Å². The molecule has 1 amide bonds. The second-order valence-corrected chi connectivity index (χ2v) is 4.50. The minimum Gasteiger partial charge on any atom is -0.480 e. The van der Waals surface area contributed by atoms with Gasteiger partial charge in [0.25, 0.3) is 0 Å². The Balaban J connectivity index is 2.52. The largest absolute Gasteiger partial charge is 0.480 e. The second-order valence-electron chi connectivity index (χ2n) is 4.50. The third kappa shape index (κ3) is 5.13. The van der Waals surface area contributed by atoms with Crippen LogP contribution in [0.2, 0.25) is 0 Å². The highest BCUT2D eigenvalue weighted by atomic mass is 16.7. The number of esters is 1. The van der Waals surface area contributed by atoms with Gasteiger partial charge in [-0.2, -0.15) is 0 Å². The van der Waals surface area contributed by atoms with E-state index in [0.29, 0.717) is 5.56 Å². The number of carboxylic acid groups (broad SMARTS) is 1. The number of amides is 1. The summed E-state index contributed by atoms with van der Waals surface area (Å²) in [5, 5.41) is 10.3. The van der Waals surface area contributed by atoms with E-state index in [1.807, 2.05) is 24.4 Å². The zero-order valence-corrected chi connectivity index (χ0v) is 12.1. The van der Waals surface area contributed by atoms with Gasteiger partial charge < -0.3 is 19.9 Å². The predicted molar refractivity (Wildman–Crippen MR) is 73.1 cm³/mol. The zero-order chi connectivity index (χ0) is 16.0. The molecule has 0 heterocycles. The molecule has 0 spiro atoms. The molecule has 0 aromatic heterocycles. The summed E-state index contributed by atoms with van der Waals surface area (Å²) in [6.07, 6.45) is -0.970. The summed E-state index contributed by atoms with van der Waals surface area (Å²) >= 11 is 0. The molecule has 0 saturated carbocycles. The molecule has 0 aliphatic carbocycles. The van der Waals surface area contributed by atoms with E-state index in [0.717, 1.165) is 16.7 Å². The number of carbonyl (C=O) groups excluding carboxylic acids is 2. The van der Waals surface area contributed by atoms with Crippen LogP contribution in [0, 0.1) is 20.8 Å². The smallest absolute Gasteiger partial charge is 0.410 e. The molecule has 1 rings (SSSR count). The first-order valence-corrected chi connectivity index (χ1v) is 6.18. The van der Waals surface area contributed by atoms with Gasteiger partial charge in [0.2, 0.25) is 6.79 Å². The van der Waals surface area contributed by atoms with Crippen LogP contribution >= 0.6 is 0 Å². The first kappa shape index (κ1) is 16.5. The van der Waals surface area contributed by atoms with Crippen molar-refractivity contribution in [1.29, 1.82) is 0 Å². The molecule has 21 heavy (non-hydrogen) atoms. The summed E-state index contributed by atoms with van der Waals surface area (Å²) in [6.45, 7) is 4.35. The van der Waals surface area contributed by atoms with Gasteiger partial charge in [-0.15, -0.1) is 0 Å². The van der Waals surface area contributed by atoms with Gasteiger partial charge >= 0.3 is 18.0 Å². The molecule has 7 nitrogen and oxygen atoms in total. The van der Waals surface area contributed by atoms with Gasteiger partial charge in [-0.25, -0.2) is 9.59 Å². The Bertz CT molecular complexity index is 544. The normalized spacial score (nSPS) is 9.86. The van der Waals surface area contributed by atoms with Crippen LogP contribution in [-0.4, -0.2) is 36.5 Å². The van der Waals surface area contributed by atoms with Crippen LogP contribution < -0.4 is 5.32 Å². The number of alkyl carbamates (subject to hydrolysis) is 1. The summed E-state index contributed by atoms with van der Waals surface area (Å²) in [7, 11) is 0. The van der Waals surface area contributed by atoms with E-state index in [1.54, 1.807) is 13.8 Å². The van der Waals surface area contributed by atoms with Crippen LogP contribution in [0.1, 0.15) is 27.0 Å². The lowest BCUT2D eigenvalue weighted by Crippen LogP contribution is -2.30. The average molecular weight is 295 g/mol. The summed E-state index contributed by atoms with van der Waals surface area (Å²) in [5.41, 5.74) is 3.00. The number of aryl methyl sites for hydroxylation is 3. The molecule has 0 aliphatic rings. The van der Waals surface area contributed by atoms with Gasteiger partial charge in [0.05, 0.1) is 5.56 Å². The van der Waals surface area contributed by atoms with E-state index in [-0.39, 0.29) is 0 Å². The van der Waals surface area contributed by atoms with E-state index >= 15 is 0 Å². The Morgan fingerprint density at radius 3 is 2.19 bits per heavy atom. The van der Waals surface area contributed by atoms with Gasteiger partial charge in [-0.1, -0.05) is 17.7 Å². The number of nitrogens with one attached hydrogen (secondary N) is 1. The topological polar surface area (TPSA) is 102 Å². The van der Waals surface area contributed by atoms with Gasteiger partial charge in [-0.05, 0) is 31.9 Å². The molecule has 0 unspecified atom stereocenters. The predicted octanol–water partition coefficient (Wildman–Crippen LogP) is 1.54. The van der Waals surface area contributed by atoms with E-state index in [1.165, 1.54) is 0 Å². The highest BCUT2D eigenvalue weighted by molar-refractivity contribution is 5.92. The van der Waals surface area contributed by atoms with Gasteiger partial charge in [0, 0.05) is 0 Å². The van der Waals surface area contributed by atoms with Crippen molar-refractivity contribution in [3.05, 3.63) is 34.4 Å². The molecule has 2 N–H and O–H groups in total. The lowest BCUT2D eigenvalue weighted by Gasteiger charge is -2.11. The average Bonchev–Trinajstić information content (AvgIpc) is 2.35. The molecule has 0 radical (unpaired) electrons. The minimum atomic E-state index is -1.20. The van der Waals surface area contributed by atoms with Crippen molar-refractivity contribution in [3.63, 3.8) is 0 Å². The monoisotopic (exact) mass is 295 g/mol. The van der Waals surface area contributed by atoms with Gasteiger partial charge in [0.15, 0.2) is 0 Å². The van der Waals surface area contributed by atoms with E-state index < -0.39 is 31.4 Å². The van der Waals surface area contributed by atoms with Crippen molar-refractivity contribution in [1.82, 2.24) is 5.32 Å². The fourth-order valence-corrected chi connectivity index (χ4v) is 1.91. The summed E-state index contributed by atoms with van der Waals surface area (Å²) < 4.78 is 9.37.